The third-order valence-electron chi connectivity index (χ3n) is 6.01. The van der Waals surface area contributed by atoms with E-state index in [1.807, 2.05) is 36.6 Å². The number of aromatic hydroxyl groups is 1. The number of phenols is 1. The Morgan fingerprint density at radius 3 is 2.32 bits per heavy atom. The van der Waals surface area contributed by atoms with Crippen LogP contribution in [0.5, 0.6) is 5.75 Å². The largest absolute Gasteiger partial charge is 0.508 e. The number of rotatable bonds is 18. The number of phenolic OH excluding ortho intramolecular Hbond substituents is 1. The minimum absolute atomic E-state index is 0.119. The van der Waals surface area contributed by atoms with Gasteiger partial charge in [0.2, 0.25) is 11.8 Å². The minimum atomic E-state index is -0.938. The molecule has 222 valence electrons. The van der Waals surface area contributed by atoms with E-state index in [2.05, 4.69) is 16.0 Å². The lowest BCUT2D eigenvalue weighted by Gasteiger charge is -2.27. The SMILES string of the molecule is CSCC[C@H](N)C(=N)OC(NCC(=O)NCC(=O)N[C@@H](Cc1ccccc1)C(=O)C=S)[C@@H](N)Cc1ccc(O)cc1. The molecule has 1 unspecified atom stereocenters. The second-order valence-electron chi connectivity index (χ2n) is 9.31. The molecule has 0 saturated carbocycles. The number of thioether (sulfide) groups is 1. The molecule has 0 aliphatic heterocycles. The third kappa shape index (κ3) is 12.8. The van der Waals surface area contributed by atoms with Crippen LogP contribution in [0.4, 0.5) is 0 Å². The molecule has 0 radical (unpaired) electrons. The van der Waals surface area contributed by atoms with Gasteiger partial charge in [-0.1, -0.05) is 54.7 Å². The molecule has 0 saturated heterocycles. The highest BCUT2D eigenvalue weighted by Crippen LogP contribution is 2.13. The topological polar surface area (TPSA) is 193 Å². The molecule has 41 heavy (non-hydrogen) atoms. The molecule has 4 atom stereocenters. The monoisotopic (exact) mass is 602 g/mol. The summed E-state index contributed by atoms with van der Waals surface area (Å²) in [6.45, 7) is -0.627. The van der Waals surface area contributed by atoms with Gasteiger partial charge in [0.25, 0.3) is 0 Å². The Morgan fingerprint density at radius 2 is 1.68 bits per heavy atom. The fourth-order valence-corrected chi connectivity index (χ4v) is 4.38. The van der Waals surface area contributed by atoms with Crippen LogP contribution in [0.1, 0.15) is 17.5 Å². The van der Waals surface area contributed by atoms with Crippen molar-refractivity contribution >= 4 is 52.8 Å². The van der Waals surface area contributed by atoms with Crippen LogP contribution >= 0.6 is 24.0 Å². The van der Waals surface area contributed by atoms with Gasteiger partial charge in [0, 0.05) is 11.8 Å². The number of Topliss-reactive ketones (excluding diaryl/α,β-unsaturated/α-hetero) is 1. The van der Waals surface area contributed by atoms with Gasteiger partial charge in [-0.05, 0) is 48.1 Å². The number of carbonyl (C=O) groups excluding carboxylic acids is 3. The van der Waals surface area contributed by atoms with Gasteiger partial charge >= 0.3 is 0 Å². The maximum Gasteiger partial charge on any atom is 0.240 e. The Morgan fingerprint density at radius 1 is 1.02 bits per heavy atom. The fraction of sp³-hybridized carbons (Fsp3) is 0.393. The van der Waals surface area contributed by atoms with E-state index >= 15 is 0 Å². The molecule has 2 aromatic rings. The second-order valence-corrected chi connectivity index (χ2v) is 10.5. The highest BCUT2D eigenvalue weighted by Gasteiger charge is 2.25. The van der Waals surface area contributed by atoms with Crippen molar-refractivity contribution in [3.8, 4) is 5.75 Å². The summed E-state index contributed by atoms with van der Waals surface area (Å²) in [7, 11) is 0. The molecule has 0 aliphatic rings. The number of benzene rings is 2. The lowest BCUT2D eigenvalue weighted by Crippen LogP contribution is -2.53. The number of ether oxygens (including phenoxy) is 1. The average Bonchev–Trinajstić information content (AvgIpc) is 2.97. The van der Waals surface area contributed by atoms with Crippen LogP contribution in [0.15, 0.2) is 54.6 Å². The number of hydrogen-bond donors (Lipinski definition) is 7. The normalized spacial score (nSPS) is 13.7. The molecule has 13 heteroatoms. The number of thiocarbonyl (C=S) groups is 1. The summed E-state index contributed by atoms with van der Waals surface area (Å²) in [4.78, 5) is 37.3. The zero-order chi connectivity index (χ0) is 30.2. The van der Waals surface area contributed by atoms with Crippen LogP contribution in [0.3, 0.4) is 0 Å². The second kappa shape index (κ2) is 18.1. The number of nitrogens with two attached hydrogens (primary N) is 2. The van der Waals surface area contributed by atoms with Crippen molar-refractivity contribution in [1.82, 2.24) is 16.0 Å². The summed E-state index contributed by atoms with van der Waals surface area (Å²) < 4.78 is 5.74. The summed E-state index contributed by atoms with van der Waals surface area (Å²) in [5.41, 5.74) is 14.1. The van der Waals surface area contributed by atoms with Crippen molar-refractivity contribution in [3.05, 3.63) is 65.7 Å². The third-order valence-corrected chi connectivity index (χ3v) is 6.88. The highest BCUT2D eigenvalue weighted by molar-refractivity contribution is 7.98. The Bertz CT molecular complexity index is 1150. The van der Waals surface area contributed by atoms with Gasteiger partial charge in [0.05, 0.1) is 31.2 Å². The molecule has 2 amide bonds. The maximum absolute atomic E-state index is 12.5. The molecule has 0 bridgehead atoms. The van der Waals surface area contributed by atoms with Crippen molar-refractivity contribution in [1.29, 1.82) is 5.41 Å². The van der Waals surface area contributed by atoms with Crippen LogP contribution in [0, 0.1) is 5.41 Å². The number of nitrogens with one attached hydrogen (secondary N) is 4. The molecule has 2 rings (SSSR count). The Balaban J connectivity index is 1.94. The molecule has 9 N–H and O–H groups in total. The van der Waals surface area contributed by atoms with E-state index in [0.29, 0.717) is 12.8 Å². The Hall–Kier alpha value is -3.36. The van der Waals surface area contributed by atoms with Gasteiger partial charge in [-0.3, -0.25) is 25.1 Å². The van der Waals surface area contributed by atoms with E-state index < -0.39 is 42.0 Å². The first kappa shape index (κ1) is 33.8. The Labute approximate surface area is 249 Å². The number of amides is 2. The minimum Gasteiger partial charge on any atom is -0.508 e. The average molecular weight is 603 g/mol. The van der Waals surface area contributed by atoms with Crippen molar-refractivity contribution in [2.24, 2.45) is 11.5 Å². The molecule has 0 fully saturated rings. The van der Waals surface area contributed by atoms with Crippen molar-refractivity contribution in [2.75, 3.05) is 25.1 Å². The van der Waals surface area contributed by atoms with Crippen LogP contribution in [0.25, 0.3) is 0 Å². The molecular weight excluding hydrogens is 564 g/mol. The number of carbonyl (C=O) groups is 3. The van der Waals surface area contributed by atoms with Gasteiger partial charge < -0.3 is 31.9 Å². The fourth-order valence-electron chi connectivity index (χ4n) is 3.73. The van der Waals surface area contributed by atoms with Gasteiger partial charge in [-0.25, -0.2) is 0 Å². The maximum atomic E-state index is 12.5. The lowest BCUT2D eigenvalue weighted by atomic mass is 10.0. The molecule has 11 nitrogen and oxygen atoms in total. The molecule has 0 aliphatic carbocycles. The summed E-state index contributed by atoms with van der Waals surface area (Å²) >= 11 is 6.36. The Kier molecular flexibility index (Phi) is 15.0. The standard InChI is InChI=1S/C28H38N6O5S2/c1-41-12-11-21(29)27(31)39-28(22(30)13-19-7-9-20(35)10-8-19)33-15-25(37)32-16-26(38)34-23(24(36)17-40)14-18-5-3-2-4-6-18/h2-10,17,21-23,28,31,33,35H,11-16,29-30H2,1H3,(H,32,37)(H,34,38)/t21-,22-,23-,28?/m0/s1. The summed E-state index contributed by atoms with van der Waals surface area (Å²) in [5.74, 6) is -0.783. The predicted octanol–water partition coefficient (Wildman–Crippen LogP) is 0.664. The van der Waals surface area contributed by atoms with Crippen LogP contribution in [-0.4, -0.2) is 83.4 Å². The van der Waals surface area contributed by atoms with E-state index in [1.165, 1.54) is 12.1 Å². The first-order valence-electron chi connectivity index (χ1n) is 13.0. The zero-order valence-corrected chi connectivity index (χ0v) is 24.5. The van der Waals surface area contributed by atoms with E-state index in [-0.39, 0.29) is 31.2 Å². The predicted molar refractivity (Wildman–Crippen MR) is 165 cm³/mol. The highest BCUT2D eigenvalue weighted by atomic mass is 32.2. The lowest BCUT2D eigenvalue weighted by molar-refractivity contribution is -0.127. The smallest absolute Gasteiger partial charge is 0.240 e. The molecule has 0 spiro atoms. The summed E-state index contributed by atoms with van der Waals surface area (Å²) in [5, 5.41) is 26.8. The molecule has 0 heterocycles. The zero-order valence-electron chi connectivity index (χ0n) is 22.9. The van der Waals surface area contributed by atoms with Crippen LogP contribution in [0.2, 0.25) is 0 Å². The molecule has 0 aromatic heterocycles. The van der Waals surface area contributed by atoms with Crippen molar-refractivity contribution in [2.45, 2.75) is 43.6 Å². The van der Waals surface area contributed by atoms with Crippen molar-refractivity contribution < 1.29 is 24.2 Å². The van der Waals surface area contributed by atoms with Gasteiger partial charge in [0.1, 0.15) is 5.75 Å². The van der Waals surface area contributed by atoms with E-state index in [1.54, 1.807) is 23.9 Å². The summed E-state index contributed by atoms with van der Waals surface area (Å²) in [6, 6.07) is 13.5. The van der Waals surface area contributed by atoms with E-state index in [0.717, 1.165) is 22.2 Å². The summed E-state index contributed by atoms with van der Waals surface area (Å²) in [6.07, 6.45) is 2.12. The van der Waals surface area contributed by atoms with Gasteiger partial charge in [-0.2, -0.15) is 11.8 Å². The quantitative estimate of drug-likeness (QED) is 0.0552. The van der Waals surface area contributed by atoms with Crippen molar-refractivity contribution in [3.63, 3.8) is 0 Å². The van der Waals surface area contributed by atoms with E-state index in [4.69, 9.17) is 33.8 Å². The van der Waals surface area contributed by atoms with Gasteiger partial charge in [-0.15, -0.1) is 0 Å². The van der Waals surface area contributed by atoms with Crippen LogP contribution in [-0.2, 0) is 32.0 Å². The number of hydrogen-bond acceptors (Lipinski definition) is 11. The first-order chi connectivity index (χ1) is 19.6. The first-order valence-corrected chi connectivity index (χ1v) is 14.8. The number of ketones is 1. The van der Waals surface area contributed by atoms with Crippen LogP contribution < -0.4 is 27.4 Å². The van der Waals surface area contributed by atoms with Gasteiger partial charge in [0.15, 0.2) is 17.9 Å². The van der Waals surface area contributed by atoms with E-state index in [9.17, 15) is 19.5 Å². The molecular formula is C28H38N6O5S2. The molecule has 2 aromatic carbocycles.